The van der Waals surface area contributed by atoms with Crippen LogP contribution < -0.4 is 0 Å². The first-order valence-corrected chi connectivity index (χ1v) is 9.34. The van der Waals surface area contributed by atoms with E-state index in [4.69, 9.17) is 4.74 Å². The molecule has 1 aromatic rings. The van der Waals surface area contributed by atoms with Gasteiger partial charge in [-0.25, -0.2) is 13.2 Å². The van der Waals surface area contributed by atoms with Crippen molar-refractivity contribution in [1.82, 2.24) is 9.88 Å². The van der Waals surface area contributed by atoms with E-state index in [1.54, 1.807) is 32.5 Å². The van der Waals surface area contributed by atoms with Crippen LogP contribution in [0.1, 0.15) is 32.1 Å². The summed E-state index contributed by atoms with van der Waals surface area (Å²) >= 11 is 1.33. The van der Waals surface area contributed by atoms with E-state index in [9.17, 15) is 13.2 Å². The van der Waals surface area contributed by atoms with Crippen molar-refractivity contribution in [2.45, 2.75) is 43.8 Å². The molecule has 0 spiro atoms. The summed E-state index contributed by atoms with van der Waals surface area (Å²) in [5.74, 6) is -0.00943. The Bertz CT molecular complexity index is 590. The molecule has 0 N–H and O–H groups in total. The van der Waals surface area contributed by atoms with Gasteiger partial charge in [-0.1, -0.05) is 0 Å². The summed E-state index contributed by atoms with van der Waals surface area (Å²) in [4.78, 5) is 18.0. The first-order chi connectivity index (χ1) is 9.67. The molecule has 21 heavy (non-hydrogen) atoms. The molecular formula is C13H20N2O4S2. The van der Waals surface area contributed by atoms with Crippen LogP contribution in [0.25, 0.3) is 0 Å². The highest BCUT2D eigenvalue weighted by Crippen LogP contribution is 2.23. The summed E-state index contributed by atoms with van der Waals surface area (Å²) in [5, 5.41) is -0.521. The maximum absolute atomic E-state index is 12.4. The van der Waals surface area contributed by atoms with Crippen LogP contribution in [0, 0.1) is 0 Å². The molecule has 0 bridgehead atoms. The largest absolute Gasteiger partial charge is 0.444 e. The van der Waals surface area contributed by atoms with Gasteiger partial charge in [0.2, 0.25) is 0 Å². The van der Waals surface area contributed by atoms with Crippen molar-refractivity contribution in [2.24, 2.45) is 0 Å². The lowest BCUT2D eigenvalue weighted by Gasteiger charge is -2.24. The van der Waals surface area contributed by atoms with Gasteiger partial charge in [0.1, 0.15) is 5.60 Å². The molecule has 1 aliphatic heterocycles. The Morgan fingerprint density at radius 3 is 2.81 bits per heavy atom. The number of carbonyl (C=O) groups is 1. The number of hydrogen-bond acceptors (Lipinski definition) is 6. The number of aromatic nitrogens is 1. The topological polar surface area (TPSA) is 76.6 Å². The van der Waals surface area contributed by atoms with Crippen molar-refractivity contribution in [3.05, 3.63) is 16.6 Å². The molecule has 8 heteroatoms. The van der Waals surface area contributed by atoms with Crippen LogP contribution >= 0.6 is 11.3 Å². The van der Waals surface area contributed by atoms with Gasteiger partial charge in [-0.15, -0.1) is 11.3 Å². The number of carbonyl (C=O) groups excluding carboxylic acids is 1. The third-order valence-corrected chi connectivity index (χ3v) is 6.21. The van der Waals surface area contributed by atoms with Gasteiger partial charge >= 0.3 is 6.09 Å². The molecule has 2 heterocycles. The molecule has 1 aliphatic rings. The van der Waals surface area contributed by atoms with Crippen LogP contribution in [-0.4, -0.2) is 48.3 Å². The molecule has 0 saturated carbocycles. The molecule has 0 unspecified atom stereocenters. The van der Waals surface area contributed by atoms with Gasteiger partial charge in [0.15, 0.2) is 9.84 Å². The quantitative estimate of drug-likeness (QED) is 0.847. The summed E-state index contributed by atoms with van der Waals surface area (Å²) in [5.41, 5.74) is 1.04. The van der Waals surface area contributed by atoms with Gasteiger partial charge < -0.3 is 9.64 Å². The van der Waals surface area contributed by atoms with Gasteiger partial charge in [-0.05, 0) is 27.2 Å². The van der Waals surface area contributed by atoms with E-state index in [0.29, 0.717) is 13.0 Å². The van der Waals surface area contributed by atoms with Crippen molar-refractivity contribution in [2.75, 3.05) is 13.1 Å². The Kier molecular flexibility index (Phi) is 4.57. The number of nitrogens with zero attached hydrogens (tertiary/aromatic N) is 2. The highest BCUT2D eigenvalue weighted by Gasteiger charge is 2.36. The summed E-state index contributed by atoms with van der Waals surface area (Å²) < 4.78 is 30.0. The Morgan fingerprint density at radius 1 is 1.52 bits per heavy atom. The number of thiazole rings is 1. The molecule has 1 atom stereocenters. The summed E-state index contributed by atoms with van der Waals surface area (Å²) in [6, 6.07) is 0. The smallest absolute Gasteiger partial charge is 0.410 e. The highest BCUT2D eigenvalue weighted by molar-refractivity contribution is 7.91. The van der Waals surface area contributed by atoms with E-state index < -0.39 is 26.8 Å². The molecule has 0 aliphatic carbocycles. The number of likely N-dealkylation sites (tertiary alicyclic amines) is 1. The summed E-state index contributed by atoms with van der Waals surface area (Å²) in [6.07, 6.45) is 1.58. The standard InChI is InChI=1S/C13H20N2O4S2/c1-13(2,3)19-12(16)15-5-4-11(7-15)21(17,18)8-10-6-14-9-20-10/h6,9,11H,4-5,7-8H2,1-3H3/t11-/m0/s1. The van der Waals surface area contributed by atoms with E-state index in [2.05, 4.69) is 4.98 Å². The normalized spacial score (nSPS) is 19.8. The fourth-order valence-corrected chi connectivity index (χ4v) is 4.87. The zero-order chi connectivity index (χ0) is 15.7. The third kappa shape index (κ3) is 4.41. The molecule has 0 radical (unpaired) electrons. The Labute approximate surface area is 129 Å². The SMILES string of the molecule is CC(C)(C)OC(=O)N1CC[C@H](S(=O)(=O)Cc2cncs2)C1. The van der Waals surface area contributed by atoms with E-state index in [-0.39, 0.29) is 12.3 Å². The Balaban J connectivity index is 1.97. The molecule has 1 amide bonds. The zero-order valence-corrected chi connectivity index (χ0v) is 14.0. The summed E-state index contributed by atoms with van der Waals surface area (Å²) in [6.45, 7) is 5.99. The fraction of sp³-hybridized carbons (Fsp3) is 0.692. The second-order valence-electron chi connectivity index (χ2n) is 6.11. The van der Waals surface area contributed by atoms with Crippen LogP contribution in [0.4, 0.5) is 4.79 Å². The van der Waals surface area contributed by atoms with E-state index in [1.807, 2.05) is 0 Å². The Morgan fingerprint density at radius 2 is 2.24 bits per heavy atom. The maximum Gasteiger partial charge on any atom is 0.410 e. The number of amides is 1. The molecular weight excluding hydrogens is 312 g/mol. The van der Waals surface area contributed by atoms with E-state index in [0.717, 1.165) is 4.88 Å². The molecule has 1 aromatic heterocycles. The average Bonchev–Trinajstić information content (AvgIpc) is 2.95. The van der Waals surface area contributed by atoms with Gasteiger partial charge in [-0.3, -0.25) is 4.98 Å². The number of rotatable bonds is 3. The lowest BCUT2D eigenvalue weighted by atomic mass is 10.2. The molecule has 1 saturated heterocycles. The van der Waals surface area contributed by atoms with Crippen LogP contribution in [-0.2, 0) is 20.3 Å². The van der Waals surface area contributed by atoms with E-state index in [1.165, 1.54) is 16.2 Å². The van der Waals surface area contributed by atoms with Gasteiger partial charge in [0.25, 0.3) is 0 Å². The molecule has 2 rings (SSSR count). The van der Waals surface area contributed by atoms with Gasteiger partial charge in [0, 0.05) is 24.2 Å². The monoisotopic (exact) mass is 332 g/mol. The molecule has 0 aromatic carbocycles. The van der Waals surface area contributed by atoms with Crippen molar-refractivity contribution in [3.8, 4) is 0 Å². The second kappa shape index (κ2) is 5.92. The minimum absolute atomic E-state index is 0.00943. The van der Waals surface area contributed by atoms with Crippen LogP contribution in [0.2, 0.25) is 0 Å². The number of hydrogen-bond donors (Lipinski definition) is 0. The number of sulfone groups is 1. The first-order valence-electron chi connectivity index (χ1n) is 6.74. The Hall–Kier alpha value is -1.15. The first kappa shape index (κ1) is 16.2. The van der Waals surface area contributed by atoms with Crippen LogP contribution in [0.5, 0.6) is 0 Å². The molecule has 1 fully saturated rings. The van der Waals surface area contributed by atoms with Crippen molar-refractivity contribution < 1.29 is 17.9 Å². The van der Waals surface area contributed by atoms with Crippen LogP contribution in [0.3, 0.4) is 0 Å². The molecule has 6 nitrogen and oxygen atoms in total. The lowest BCUT2D eigenvalue weighted by Crippen LogP contribution is -2.36. The van der Waals surface area contributed by atoms with Gasteiger partial charge in [-0.2, -0.15) is 0 Å². The van der Waals surface area contributed by atoms with Crippen molar-refractivity contribution in [1.29, 1.82) is 0 Å². The second-order valence-corrected chi connectivity index (χ2v) is 9.36. The maximum atomic E-state index is 12.4. The molecule has 118 valence electrons. The predicted octanol–water partition coefficient (Wildman–Crippen LogP) is 2.07. The minimum atomic E-state index is -3.27. The van der Waals surface area contributed by atoms with Crippen molar-refractivity contribution in [3.63, 3.8) is 0 Å². The lowest BCUT2D eigenvalue weighted by molar-refractivity contribution is 0.0295. The number of ether oxygens (including phenoxy) is 1. The third-order valence-electron chi connectivity index (χ3n) is 3.13. The predicted molar refractivity (Wildman–Crippen MR) is 80.9 cm³/mol. The fourth-order valence-electron chi connectivity index (χ4n) is 2.14. The van der Waals surface area contributed by atoms with Crippen LogP contribution in [0.15, 0.2) is 11.7 Å². The average molecular weight is 332 g/mol. The zero-order valence-electron chi connectivity index (χ0n) is 12.4. The van der Waals surface area contributed by atoms with Crippen molar-refractivity contribution >= 4 is 27.3 Å². The highest BCUT2D eigenvalue weighted by atomic mass is 32.2. The van der Waals surface area contributed by atoms with E-state index >= 15 is 0 Å². The minimum Gasteiger partial charge on any atom is -0.444 e. The summed E-state index contributed by atoms with van der Waals surface area (Å²) in [7, 11) is -3.27. The van der Waals surface area contributed by atoms with Gasteiger partial charge in [0.05, 0.1) is 16.5 Å².